The highest BCUT2D eigenvalue weighted by Crippen LogP contribution is 2.24. The monoisotopic (exact) mass is 338 g/mol. The van der Waals surface area contributed by atoms with E-state index in [2.05, 4.69) is 4.99 Å². The van der Waals surface area contributed by atoms with Gasteiger partial charge in [-0.1, -0.05) is 23.2 Å². The number of sulfonamides is 1. The summed E-state index contributed by atoms with van der Waals surface area (Å²) in [6, 6.07) is 2.16. The smallest absolute Gasteiger partial charge is 0.330 e. The Labute approximate surface area is 124 Å². The molecule has 20 heavy (non-hydrogen) atoms. The zero-order valence-corrected chi connectivity index (χ0v) is 12.0. The lowest BCUT2D eigenvalue weighted by Gasteiger charge is -2.10. The van der Waals surface area contributed by atoms with Crippen molar-refractivity contribution < 1.29 is 23.1 Å². The molecule has 0 aromatic heterocycles. The number of hydrogen-bond donors (Lipinski definition) is 2. The molecule has 1 unspecified atom stereocenters. The topological polar surface area (TPSA) is 113 Å². The van der Waals surface area contributed by atoms with Crippen molar-refractivity contribution in [1.29, 1.82) is 0 Å². The summed E-state index contributed by atoms with van der Waals surface area (Å²) < 4.78 is 25.8. The van der Waals surface area contributed by atoms with Crippen LogP contribution in [0.25, 0.3) is 0 Å². The molecule has 1 aromatic rings. The highest BCUT2D eigenvalue weighted by Gasteiger charge is 2.23. The van der Waals surface area contributed by atoms with Crippen LogP contribution in [0, 0.1) is 0 Å². The number of carbonyl (C=O) groups excluding carboxylic acids is 1. The Balaban J connectivity index is 2.95. The van der Waals surface area contributed by atoms with Crippen molar-refractivity contribution in [1.82, 2.24) is 4.72 Å². The third-order valence-corrected chi connectivity index (χ3v) is 4.29. The fourth-order valence-electron chi connectivity index (χ4n) is 1.21. The number of rotatable bonds is 6. The number of nitrogens with one attached hydrogen (secondary N) is 1. The number of carboxylic acids is 1. The van der Waals surface area contributed by atoms with Gasteiger partial charge in [0.25, 0.3) is 0 Å². The summed E-state index contributed by atoms with van der Waals surface area (Å²) in [6.07, 6.45) is 1.06. The van der Waals surface area contributed by atoms with Gasteiger partial charge in [-0.15, -0.1) is 0 Å². The van der Waals surface area contributed by atoms with Gasteiger partial charge in [-0.05, 0) is 18.2 Å². The molecular formula is C10H8Cl2N2O5S. The second kappa shape index (κ2) is 6.83. The second-order valence-corrected chi connectivity index (χ2v) is 6.08. The van der Waals surface area contributed by atoms with E-state index in [9.17, 15) is 18.0 Å². The van der Waals surface area contributed by atoms with Crippen molar-refractivity contribution >= 4 is 45.3 Å². The van der Waals surface area contributed by atoms with Crippen molar-refractivity contribution in [2.75, 3.05) is 6.54 Å². The van der Waals surface area contributed by atoms with Gasteiger partial charge in [0.1, 0.15) is 4.90 Å². The average molecular weight is 339 g/mol. The minimum Gasteiger partial charge on any atom is -0.480 e. The maximum atomic E-state index is 11.9. The van der Waals surface area contributed by atoms with Crippen LogP contribution in [0.2, 0.25) is 10.0 Å². The lowest BCUT2D eigenvalue weighted by atomic mass is 10.3. The Hall–Kier alpha value is -1.44. The van der Waals surface area contributed by atoms with E-state index in [1.165, 1.54) is 18.2 Å². The molecule has 0 aliphatic heterocycles. The number of nitrogens with zero attached hydrogens (tertiary/aromatic N) is 1. The Morgan fingerprint density at radius 1 is 1.45 bits per heavy atom. The largest absolute Gasteiger partial charge is 0.480 e. The molecule has 1 aromatic carbocycles. The summed E-state index contributed by atoms with van der Waals surface area (Å²) in [5.74, 6) is -1.46. The van der Waals surface area contributed by atoms with Crippen LogP contribution in [0.3, 0.4) is 0 Å². The highest BCUT2D eigenvalue weighted by molar-refractivity contribution is 7.89. The Morgan fingerprint density at radius 2 is 2.10 bits per heavy atom. The highest BCUT2D eigenvalue weighted by atomic mass is 35.5. The summed E-state index contributed by atoms with van der Waals surface area (Å²) in [5, 5.41) is 8.85. The molecule has 0 aliphatic rings. The third kappa shape index (κ3) is 4.29. The zero-order chi connectivity index (χ0) is 15.3. The summed E-state index contributed by atoms with van der Waals surface area (Å²) in [7, 11) is -4.05. The van der Waals surface area contributed by atoms with E-state index in [0.717, 1.165) is 6.08 Å². The van der Waals surface area contributed by atoms with Crippen molar-refractivity contribution in [2.45, 2.75) is 10.9 Å². The lowest BCUT2D eigenvalue weighted by molar-refractivity contribution is -0.138. The number of halogens is 2. The zero-order valence-electron chi connectivity index (χ0n) is 9.71. The van der Waals surface area contributed by atoms with Gasteiger partial charge in [-0.3, -0.25) is 0 Å². The Bertz CT molecular complexity index is 668. The predicted molar refractivity (Wildman–Crippen MR) is 71.2 cm³/mol. The number of aliphatic carboxylic acids is 1. The van der Waals surface area contributed by atoms with E-state index in [1.54, 1.807) is 0 Å². The maximum Gasteiger partial charge on any atom is 0.330 e. The molecule has 0 fully saturated rings. The second-order valence-electron chi connectivity index (χ2n) is 3.50. The van der Waals surface area contributed by atoms with Gasteiger partial charge in [0, 0.05) is 11.6 Å². The van der Waals surface area contributed by atoms with Crippen molar-refractivity contribution in [3.05, 3.63) is 28.2 Å². The number of aliphatic imine (C=N–C) groups is 1. The van der Waals surface area contributed by atoms with Crippen molar-refractivity contribution in [2.24, 2.45) is 4.99 Å². The van der Waals surface area contributed by atoms with Gasteiger partial charge < -0.3 is 5.11 Å². The minimum atomic E-state index is -4.05. The summed E-state index contributed by atoms with van der Waals surface area (Å²) in [5.41, 5.74) is 0. The molecule has 10 heteroatoms. The molecule has 0 saturated carbocycles. The quantitative estimate of drug-likeness (QED) is 0.594. The Kier molecular flexibility index (Phi) is 5.67. The fourth-order valence-corrected chi connectivity index (χ4v) is 3.02. The molecule has 1 atom stereocenters. The molecule has 0 saturated heterocycles. The summed E-state index contributed by atoms with van der Waals surface area (Å²) >= 11 is 11.4. The summed E-state index contributed by atoms with van der Waals surface area (Å²) in [4.78, 5) is 23.5. The van der Waals surface area contributed by atoms with Crippen molar-refractivity contribution in [3.63, 3.8) is 0 Å². The number of isocyanates is 1. The van der Waals surface area contributed by atoms with Gasteiger partial charge in [0.05, 0.1) is 5.02 Å². The van der Waals surface area contributed by atoms with Crippen LogP contribution in [-0.4, -0.2) is 38.2 Å². The van der Waals surface area contributed by atoms with Gasteiger partial charge in [0.15, 0.2) is 6.04 Å². The van der Waals surface area contributed by atoms with Crippen LogP contribution >= 0.6 is 23.2 Å². The van der Waals surface area contributed by atoms with E-state index in [4.69, 9.17) is 28.3 Å². The molecule has 0 amide bonds. The normalized spacial score (nSPS) is 12.5. The molecule has 1 rings (SSSR count). The minimum absolute atomic E-state index is 0.115. The van der Waals surface area contributed by atoms with E-state index < -0.39 is 28.6 Å². The first-order valence-corrected chi connectivity index (χ1v) is 7.26. The molecule has 0 spiro atoms. The fraction of sp³-hybridized carbons (Fsp3) is 0.200. The molecular weight excluding hydrogens is 331 g/mol. The van der Waals surface area contributed by atoms with E-state index in [0.29, 0.717) is 0 Å². The molecule has 0 bridgehead atoms. The molecule has 7 nitrogen and oxygen atoms in total. The Morgan fingerprint density at radius 3 is 2.60 bits per heavy atom. The standard InChI is InChI=1S/C10H8Cl2N2O5S/c11-6-1-2-9(7(12)3-6)20(18,19)14-4-8(10(16)17)13-5-15/h1-3,8,14H,4H2,(H,16,17). The third-order valence-electron chi connectivity index (χ3n) is 2.14. The predicted octanol–water partition coefficient (Wildman–Crippen LogP) is 1.06. The molecule has 2 N–H and O–H groups in total. The van der Waals surface area contributed by atoms with Crippen LogP contribution < -0.4 is 4.72 Å². The van der Waals surface area contributed by atoms with Gasteiger partial charge >= 0.3 is 5.97 Å². The molecule has 0 radical (unpaired) electrons. The van der Waals surface area contributed by atoms with Crippen LogP contribution in [0.5, 0.6) is 0 Å². The number of hydrogen-bond acceptors (Lipinski definition) is 5. The van der Waals surface area contributed by atoms with Crippen LogP contribution in [0.4, 0.5) is 0 Å². The molecule has 0 heterocycles. The number of carboxylic acid groups (broad SMARTS) is 1. The van der Waals surface area contributed by atoms with Crippen LogP contribution in [-0.2, 0) is 19.6 Å². The molecule has 108 valence electrons. The first-order chi connectivity index (χ1) is 9.27. The van der Waals surface area contributed by atoms with E-state index in [-0.39, 0.29) is 14.9 Å². The van der Waals surface area contributed by atoms with Gasteiger partial charge in [-0.2, -0.15) is 4.99 Å². The number of benzene rings is 1. The lowest BCUT2D eigenvalue weighted by Crippen LogP contribution is -2.35. The van der Waals surface area contributed by atoms with Gasteiger partial charge in [0.2, 0.25) is 16.1 Å². The molecule has 0 aliphatic carbocycles. The van der Waals surface area contributed by atoms with E-state index in [1.807, 2.05) is 4.72 Å². The van der Waals surface area contributed by atoms with Gasteiger partial charge in [-0.25, -0.2) is 22.7 Å². The van der Waals surface area contributed by atoms with Crippen LogP contribution in [0.15, 0.2) is 28.1 Å². The van der Waals surface area contributed by atoms with E-state index >= 15 is 0 Å². The number of carbonyl (C=O) groups is 1. The first kappa shape index (κ1) is 16.6. The summed E-state index contributed by atoms with van der Waals surface area (Å²) in [6.45, 7) is -0.605. The van der Waals surface area contributed by atoms with Crippen molar-refractivity contribution in [3.8, 4) is 0 Å². The average Bonchev–Trinajstić information content (AvgIpc) is 2.33. The first-order valence-electron chi connectivity index (χ1n) is 5.02. The SMILES string of the molecule is O=C=NC(CNS(=O)(=O)c1ccc(Cl)cc1Cl)C(=O)O. The maximum absolute atomic E-state index is 11.9. The van der Waals surface area contributed by atoms with Crippen LogP contribution in [0.1, 0.15) is 0 Å².